The lowest BCUT2D eigenvalue weighted by Gasteiger charge is -2.31. The monoisotopic (exact) mass is 464 g/mol. The van der Waals surface area contributed by atoms with E-state index in [1.807, 2.05) is 0 Å². The van der Waals surface area contributed by atoms with E-state index in [9.17, 15) is 14.0 Å². The summed E-state index contributed by atoms with van der Waals surface area (Å²) in [7, 11) is 0. The molecule has 0 aliphatic heterocycles. The summed E-state index contributed by atoms with van der Waals surface area (Å²) in [6.45, 7) is 1.95. The molecule has 2 amide bonds. The maximum Gasteiger partial charge on any atom is 0.242 e. The second kappa shape index (κ2) is 11.0. The molecule has 0 saturated heterocycles. The van der Waals surface area contributed by atoms with Crippen LogP contribution in [0.1, 0.15) is 50.2 Å². The summed E-state index contributed by atoms with van der Waals surface area (Å²) >= 11 is 12.2. The molecule has 31 heavy (non-hydrogen) atoms. The van der Waals surface area contributed by atoms with E-state index >= 15 is 0 Å². The first-order valence-corrected chi connectivity index (χ1v) is 11.4. The van der Waals surface area contributed by atoms with Crippen molar-refractivity contribution >= 4 is 35.0 Å². The maximum atomic E-state index is 13.2. The Balaban J connectivity index is 1.77. The van der Waals surface area contributed by atoms with Gasteiger partial charge in [-0.25, -0.2) is 4.39 Å². The van der Waals surface area contributed by atoms with E-state index in [4.69, 9.17) is 23.2 Å². The highest BCUT2D eigenvalue weighted by atomic mass is 35.5. The van der Waals surface area contributed by atoms with Crippen LogP contribution >= 0.6 is 23.2 Å². The van der Waals surface area contributed by atoms with E-state index in [2.05, 4.69) is 5.32 Å². The van der Waals surface area contributed by atoms with Gasteiger partial charge in [-0.05, 0) is 55.2 Å². The molecule has 4 nitrogen and oxygen atoms in total. The predicted octanol–water partition coefficient (Wildman–Crippen LogP) is 5.54. The molecule has 0 heterocycles. The zero-order chi connectivity index (χ0) is 22.4. The first-order chi connectivity index (χ1) is 14.8. The molecule has 1 fully saturated rings. The molecule has 166 valence electrons. The van der Waals surface area contributed by atoms with Crippen molar-refractivity contribution in [2.24, 2.45) is 0 Å². The highest BCUT2D eigenvalue weighted by Gasteiger charge is 2.28. The number of hydrogen-bond donors (Lipinski definition) is 1. The van der Waals surface area contributed by atoms with Gasteiger partial charge in [0, 0.05) is 12.6 Å². The summed E-state index contributed by atoms with van der Waals surface area (Å²) in [6.07, 6.45) is 5.42. The highest BCUT2D eigenvalue weighted by Crippen LogP contribution is 2.24. The topological polar surface area (TPSA) is 49.4 Å². The molecule has 7 heteroatoms. The van der Waals surface area contributed by atoms with Gasteiger partial charge in [0.2, 0.25) is 11.8 Å². The van der Waals surface area contributed by atoms with Gasteiger partial charge in [-0.15, -0.1) is 0 Å². The van der Waals surface area contributed by atoms with E-state index in [0.717, 1.165) is 31.2 Å². The fraction of sp³-hybridized carbons (Fsp3) is 0.417. The molecule has 2 aromatic rings. The molecule has 1 aliphatic rings. The minimum Gasteiger partial charge on any atom is -0.352 e. The van der Waals surface area contributed by atoms with Gasteiger partial charge in [0.15, 0.2) is 0 Å². The van der Waals surface area contributed by atoms with Crippen molar-refractivity contribution < 1.29 is 14.0 Å². The Bertz CT molecular complexity index is 914. The van der Waals surface area contributed by atoms with Crippen molar-refractivity contribution in [3.05, 3.63) is 69.5 Å². The van der Waals surface area contributed by atoms with Crippen LogP contribution in [-0.4, -0.2) is 28.8 Å². The summed E-state index contributed by atoms with van der Waals surface area (Å²) in [5.74, 6) is -0.743. The van der Waals surface area contributed by atoms with Crippen molar-refractivity contribution in [2.45, 2.75) is 64.1 Å². The lowest BCUT2D eigenvalue weighted by Crippen LogP contribution is -2.50. The van der Waals surface area contributed by atoms with E-state index in [0.29, 0.717) is 15.6 Å². The summed E-state index contributed by atoms with van der Waals surface area (Å²) < 4.78 is 13.2. The number of rotatable bonds is 7. The Morgan fingerprint density at radius 3 is 2.32 bits per heavy atom. The maximum absolute atomic E-state index is 13.2. The molecule has 1 atom stereocenters. The molecule has 0 spiro atoms. The van der Waals surface area contributed by atoms with Crippen LogP contribution in [0.5, 0.6) is 0 Å². The molecule has 0 bridgehead atoms. The molecule has 2 aromatic carbocycles. The fourth-order valence-electron chi connectivity index (χ4n) is 3.86. The van der Waals surface area contributed by atoms with Crippen molar-refractivity contribution in [3.63, 3.8) is 0 Å². The fourth-order valence-corrected chi connectivity index (χ4v) is 4.19. The Labute approximate surface area is 192 Å². The van der Waals surface area contributed by atoms with Crippen LogP contribution in [0.15, 0.2) is 42.5 Å². The number of benzene rings is 2. The number of hydrogen-bond acceptors (Lipinski definition) is 2. The van der Waals surface area contributed by atoms with E-state index < -0.39 is 6.04 Å². The van der Waals surface area contributed by atoms with Gasteiger partial charge in [-0.3, -0.25) is 9.59 Å². The van der Waals surface area contributed by atoms with Crippen LogP contribution in [0.3, 0.4) is 0 Å². The van der Waals surface area contributed by atoms with Gasteiger partial charge in [0.1, 0.15) is 11.9 Å². The van der Waals surface area contributed by atoms with Crippen LogP contribution in [0.4, 0.5) is 4.39 Å². The molecule has 0 aromatic heterocycles. The van der Waals surface area contributed by atoms with Gasteiger partial charge in [-0.1, -0.05) is 60.7 Å². The number of nitrogens with one attached hydrogen (secondary N) is 1. The van der Waals surface area contributed by atoms with Gasteiger partial charge in [-0.2, -0.15) is 0 Å². The molecular formula is C24H27Cl2FN2O2. The number of halogens is 3. The highest BCUT2D eigenvalue weighted by molar-refractivity contribution is 6.42. The Kier molecular flexibility index (Phi) is 8.33. The van der Waals surface area contributed by atoms with Crippen LogP contribution in [0.2, 0.25) is 10.0 Å². The molecule has 0 radical (unpaired) electrons. The Morgan fingerprint density at radius 1 is 1.03 bits per heavy atom. The summed E-state index contributed by atoms with van der Waals surface area (Å²) in [4.78, 5) is 27.7. The first-order valence-electron chi connectivity index (χ1n) is 10.6. The Morgan fingerprint density at radius 2 is 1.68 bits per heavy atom. The standard InChI is InChI=1S/C24H27Cl2FN2O2/c1-16(24(31)28-20-5-3-2-4-6-20)29(15-18-9-12-21(25)22(26)13-18)23(30)14-17-7-10-19(27)11-8-17/h7-13,16,20H,2-6,14-15H2,1H3,(H,28,31)/t16-/m1/s1. The quantitative estimate of drug-likeness (QED) is 0.584. The molecule has 1 aliphatic carbocycles. The molecule has 3 rings (SSSR count). The Hall–Kier alpha value is -2.11. The van der Waals surface area contributed by atoms with Gasteiger partial charge >= 0.3 is 0 Å². The molecule has 1 N–H and O–H groups in total. The zero-order valence-electron chi connectivity index (χ0n) is 17.5. The minimum absolute atomic E-state index is 0.0721. The lowest BCUT2D eigenvalue weighted by atomic mass is 9.95. The smallest absolute Gasteiger partial charge is 0.242 e. The largest absolute Gasteiger partial charge is 0.352 e. The normalized spacial score (nSPS) is 15.4. The summed E-state index contributed by atoms with van der Waals surface area (Å²) in [6, 6.07) is 10.5. The molecule has 1 saturated carbocycles. The van der Waals surface area contributed by atoms with Crippen molar-refractivity contribution in [2.75, 3.05) is 0 Å². The van der Waals surface area contributed by atoms with Crippen LogP contribution in [0.25, 0.3) is 0 Å². The lowest BCUT2D eigenvalue weighted by molar-refractivity contribution is -0.140. The zero-order valence-corrected chi connectivity index (χ0v) is 19.1. The number of amides is 2. The summed E-state index contributed by atoms with van der Waals surface area (Å²) in [5.41, 5.74) is 1.46. The SMILES string of the molecule is C[C@H](C(=O)NC1CCCCC1)N(Cc1ccc(Cl)c(Cl)c1)C(=O)Cc1ccc(F)cc1. The third-order valence-corrected chi connectivity index (χ3v) is 6.46. The third-order valence-electron chi connectivity index (χ3n) is 5.72. The van der Waals surface area contributed by atoms with E-state index in [-0.39, 0.29) is 36.6 Å². The second-order valence-electron chi connectivity index (χ2n) is 8.09. The van der Waals surface area contributed by atoms with Crippen molar-refractivity contribution in [3.8, 4) is 0 Å². The average molecular weight is 465 g/mol. The molecular weight excluding hydrogens is 438 g/mol. The first kappa shape index (κ1) is 23.6. The third kappa shape index (κ3) is 6.68. The summed E-state index contributed by atoms with van der Waals surface area (Å²) in [5, 5.41) is 3.92. The number of carbonyl (C=O) groups excluding carboxylic acids is 2. The van der Waals surface area contributed by atoms with Crippen molar-refractivity contribution in [1.29, 1.82) is 0 Å². The van der Waals surface area contributed by atoms with Crippen molar-refractivity contribution in [1.82, 2.24) is 10.2 Å². The van der Waals surface area contributed by atoms with Gasteiger partial charge in [0.25, 0.3) is 0 Å². The van der Waals surface area contributed by atoms with Crippen LogP contribution in [-0.2, 0) is 22.6 Å². The average Bonchev–Trinajstić information content (AvgIpc) is 2.76. The number of carbonyl (C=O) groups is 2. The predicted molar refractivity (Wildman–Crippen MR) is 122 cm³/mol. The molecule has 0 unspecified atom stereocenters. The minimum atomic E-state index is -0.663. The van der Waals surface area contributed by atoms with E-state index in [1.165, 1.54) is 18.6 Å². The number of nitrogens with zero attached hydrogens (tertiary/aromatic N) is 1. The van der Waals surface area contributed by atoms with Gasteiger partial charge < -0.3 is 10.2 Å². The van der Waals surface area contributed by atoms with Crippen LogP contribution in [0, 0.1) is 5.82 Å². The van der Waals surface area contributed by atoms with Gasteiger partial charge in [0.05, 0.1) is 16.5 Å². The van der Waals surface area contributed by atoms with E-state index in [1.54, 1.807) is 42.2 Å². The van der Waals surface area contributed by atoms with Crippen LogP contribution < -0.4 is 5.32 Å². The second-order valence-corrected chi connectivity index (χ2v) is 8.91.